The SMILES string of the molecule is O=C1C(O)=Cc2cc(O)c(OC3(C4OC(CO)C(O)C(O)C4O)OC(CO)C(O)C(O)C3O)c3ccc(-c4ccccc4)c1c23. The molecule has 10 N–H and O–H groups in total. The van der Waals surface area contributed by atoms with Gasteiger partial charge in [-0.2, -0.15) is 0 Å². The Labute approximate surface area is 254 Å². The summed E-state index contributed by atoms with van der Waals surface area (Å²) in [7, 11) is 0. The Bertz CT molecular complexity index is 1640. The molecule has 2 aliphatic heterocycles. The van der Waals surface area contributed by atoms with E-state index in [-0.39, 0.29) is 21.9 Å². The van der Waals surface area contributed by atoms with Gasteiger partial charge in [-0.3, -0.25) is 4.79 Å². The van der Waals surface area contributed by atoms with E-state index in [4.69, 9.17) is 14.2 Å². The van der Waals surface area contributed by atoms with Crippen molar-refractivity contribution < 1.29 is 70.1 Å². The number of allylic oxidation sites excluding steroid dienone is 1. The van der Waals surface area contributed by atoms with E-state index in [1.54, 1.807) is 30.3 Å². The van der Waals surface area contributed by atoms with E-state index in [2.05, 4.69) is 0 Å². The van der Waals surface area contributed by atoms with E-state index in [0.29, 0.717) is 11.1 Å². The summed E-state index contributed by atoms with van der Waals surface area (Å²) in [5, 5.41) is 107. The van der Waals surface area contributed by atoms with Gasteiger partial charge in [0.15, 0.2) is 29.5 Å². The summed E-state index contributed by atoms with van der Waals surface area (Å²) in [6, 6.07) is 13.0. The lowest BCUT2D eigenvalue weighted by atomic mass is 9.82. The molecule has 2 heterocycles. The third kappa shape index (κ3) is 4.78. The Hall–Kier alpha value is -3.67. The van der Waals surface area contributed by atoms with Crippen LogP contribution in [0.3, 0.4) is 0 Å². The van der Waals surface area contributed by atoms with Gasteiger partial charge in [0.25, 0.3) is 5.79 Å². The van der Waals surface area contributed by atoms with Gasteiger partial charge in [-0.1, -0.05) is 36.4 Å². The normalized spacial score (nSPS) is 34.9. The average molecular weight is 629 g/mol. The molecule has 0 spiro atoms. The highest BCUT2D eigenvalue weighted by Crippen LogP contribution is 2.49. The fourth-order valence-electron chi connectivity index (χ4n) is 6.31. The second kappa shape index (κ2) is 11.6. The van der Waals surface area contributed by atoms with E-state index in [1.165, 1.54) is 12.1 Å². The second-order valence-electron chi connectivity index (χ2n) is 11.3. The number of hydrogen-bond donors (Lipinski definition) is 10. The summed E-state index contributed by atoms with van der Waals surface area (Å²) in [6.45, 7) is -1.82. The largest absolute Gasteiger partial charge is 0.504 e. The summed E-state index contributed by atoms with van der Waals surface area (Å²) in [5.41, 5.74) is 1.33. The maximum Gasteiger partial charge on any atom is 0.269 e. The number of rotatable bonds is 6. The van der Waals surface area contributed by atoms with Crippen LogP contribution in [0.5, 0.6) is 11.5 Å². The minimum absolute atomic E-state index is 0.0395. The van der Waals surface area contributed by atoms with Crippen LogP contribution in [0.4, 0.5) is 0 Å². The molecule has 240 valence electrons. The van der Waals surface area contributed by atoms with Gasteiger partial charge in [0.2, 0.25) is 5.78 Å². The fraction of sp³-hybridized carbons (Fsp3) is 0.387. The molecule has 2 fully saturated rings. The zero-order valence-corrected chi connectivity index (χ0v) is 23.4. The Kier molecular flexibility index (Phi) is 8.07. The van der Waals surface area contributed by atoms with Crippen LogP contribution in [0.15, 0.2) is 54.3 Å². The summed E-state index contributed by atoms with van der Waals surface area (Å²) < 4.78 is 17.6. The predicted molar refractivity (Wildman–Crippen MR) is 153 cm³/mol. The van der Waals surface area contributed by atoms with Crippen molar-refractivity contribution >= 4 is 22.6 Å². The maximum atomic E-state index is 13.4. The molecule has 3 aromatic carbocycles. The van der Waals surface area contributed by atoms with Crippen LogP contribution in [0.2, 0.25) is 0 Å². The molecule has 10 unspecified atom stereocenters. The van der Waals surface area contributed by atoms with E-state index in [1.807, 2.05) is 0 Å². The van der Waals surface area contributed by atoms with Crippen molar-refractivity contribution in [2.24, 2.45) is 0 Å². The first-order chi connectivity index (χ1) is 21.4. The highest BCUT2D eigenvalue weighted by Gasteiger charge is 2.65. The highest BCUT2D eigenvalue weighted by molar-refractivity contribution is 6.25. The second-order valence-corrected chi connectivity index (χ2v) is 11.3. The van der Waals surface area contributed by atoms with Gasteiger partial charge in [-0.15, -0.1) is 0 Å². The molecule has 0 radical (unpaired) electrons. The van der Waals surface area contributed by atoms with Crippen LogP contribution in [0.1, 0.15) is 15.9 Å². The number of hydrogen-bond acceptors (Lipinski definition) is 14. The monoisotopic (exact) mass is 628 g/mol. The minimum atomic E-state index is -2.84. The standard InChI is InChI=1S/C31H32O14/c32-10-18-23(37)25(39)27(41)30(43-18)31(29(42)26(40)24(38)19(11-33)44-31)45-28-15-7-6-14(12-4-2-1-3-5-12)21-20(15)13(9-17(28)35)8-16(34)22(21)36/h1-9,18-19,23-27,29-30,32-35,37-42H,10-11H2. The lowest BCUT2D eigenvalue weighted by molar-refractivity contribution is -0.396. The number of ketones is 1. The first-order valence-corrected chi connectivity index (χ1v) is 14.1. The zero-order chi connectivity index (χ0) is 32.4. The lowest BCUT2D eigenvalue weighted by Gasteiger charge is -2.54. The first kappa shape index (κ1) is 31.3. The number of ether oxygens (including phenoxy) is 3. The van der Waals surface area contributed by atoms with Crippen LogP contribution in [-0.2, 0) is 9.47 Å². The highest BCUT2D eigenvalue weighted by atomic mass is 16.7. The van der Waals surface area contributed by atoms with Gasteiger partial charge in [0, 0.05) is 16.3 Å². The Morgan fingerprint density at radius 3 is 2.13 bits per heavy atom. The summed E-state index contributed by atoms with van der Waals surface area (Å²) in [5.74, 6) is -5.27. The quantitative estimate of drug-likeness (QED) is 0.152. The summed E-state index contributed by atoms with van der Waals surface area (Å²) in [4.78, 5) is 13.4. The topological polar surface area (TPSA) is 247 Å². The summed E-state index contributed by atoms with van der Waals surface area (Å²) >= 11 is 0. The first-order valence-electron chi connectivity index (χ1n) is 14.1. The van der Waals surface area contributed by atoms with Gasteiger partial charge in [-0.05, 0) is 34.9 Å². The molecule has 10 atom stereocenters. The molecule has 3 aromatic rings. The molecule has 0 saturated carbocycles. The molecular weight excluding hydrogens is 596 g/mol. The van der Waals surface area contributed by atoms with Gasteiger partial charge >= 0.3 is 0 Å². The zero-order valence-electron chi connectivity index (χ0n) is 23.4. The van der Waals surface area contributed by atoms with Gasteiger partial charge in [0.1, 0.15) is 42.7 Å². The van der Waals surface area contributed by atoms with Crippen LogP contribution in [-0.4, -0.2) is 131 Å². The fourth-order valence-corrected chi connectivity index (χ4v) is 6.31. The molecule has 14 nitrogen and oxygen atoms in total. The Morgan fingerprint density at radius 1 is 0.800 bits per heavy atom. The number of Topliss-reactive ketones (excluding diaryl/α,β-unsaturated/α-hetero) is 1. The number of aliphatic hydroxyl groups excluding tert-OH is 9. The predicted octanol–water partition coefficient (Wildman–Crippen LogP) is -1.30. The van der Waals surface area contributed by atoms with E-state index >= 15 is 0 Å². The van der Waals surface area contributed by atoms with E-state index in [0.717, 1.165) is 12.1 Å². The van der Waals surface area contributed by atoms with Crippen LogP contribution in [0.25, 0.3) is 28.0 Å². The number of aromatic hydroxyl groups is 1. The number of phenols is 1. The molecule has 1 aliphatic carbocycles. The van der Waals surface area contributed by atoms with Crippen LogP contribution >= 0.6 is 0 Å². The Morgan fingerprint density at radius 2 is 1.47 bits per heavy atom. The van der Waals surface area contributed by atoms with Crippen LogP contribution < -0.4 is 4.74 Å². The number of carbonyl (C=O) groups excluding carboxylic acids is 1. The molecule has 0 aromatic heterocycles. The van der Waals surface area contributed by atoms with Gasteiger partial charge in [0.05, 0.1) is 13.2 Å². The average Bonchev–Trinajstić information content (AvgIpc) is 3.04. The number of phenolic OH excluding ortho intramolecular Hbond substituents is 1. The molecule has 14 heteroatoms. The molecule has 45 heavy (non-hydrogen) atoms. The van der Waals surface area contributed by atoms with Crippen molar-refractivity contribution in [3.63, 3.8) is 0 Å². The Balaban J connectivity index is 1.59. The third-order valence-electron chi connectivity index (χ3n) is 8.63. The van der Waals surface area contributed by atoms with Crippen molar-refractivity contribution in [3.05, 3.63) is 65.4 Å². The molecule has 0 bridgehead atoms. The van der Waals surface area contributed by atoms with E-state index < -0.39 is 97.0 Å². The molecular formula is C31H32O14. The minimum Gasteiger partial charge on any atom is -0.504 e. The van der Waals surface area contributed by atoms with Crippen LogP contribution in [0, 0.1) is 0 Å². The lowest BCUT2D eigenvalue weighted by Crippen LogP contribution is -2.77. The molecule has 3 aliphatic rings. The molecule has 6 rings (SSSR count). The summed E-state index contributed by atoms with van der Waals surface area (Å²) in [6.07, 6.45) is -16.4. The van der Waals surface area contributed by atoms with Crippen molar-refractivity contribution in [2.75, 3.05) is 13.2 Å². The molecule has 0 amide bonds. The van der Waals surface area contributed by atoms with Crippen molar-refractivity contribution in [1.82, 2.24) is 0 Å². The molecule has 2 saturated heterocycles. The smallest absolute Gasteiger partial charge is 0.269 e. The number of carbonyl (C=O) groups is 1. The van der Waals surface area contributed by atoms with Crippen molar-refractivity contribution in [1.29, 1.82) is 0 Å². The maximum absolute atomic E-state index is 13.4. The number of aliphatic hydroxyl groups is 9. The van der Waals surface area contributed by atoms with Gasteiger partial charge in [-0.25, -0.2) is 0 Å². The van der Waals surface area contributed by atoms with Crippen molar-refractivity contribution in [3.8, 4) is 22.6 Å². The third-order valence-corrected chi connectivity index (χ3v) is 8.63. The van der Waals surface area contributed by atoms with Gasteiger partial charge < -0.3 is 65.3 Å². The van der Waals surface area contributed by atoms with E-state index in [9.17, 15) is 55.9 Å². The van der Waals surface area contributed by atoms with Crippen molar-refractivity contribution in [2.45, 2.75) is 60.7 Å². The number of benzene rings is 3.